The zero-order valence-electron chi connectivity index (χ0n) is 9.17. The second-order valence-corrected chi connectivity index (χ2v) is 3.84. The zero-order valence-corrected chi connectivity index (χ0v) is 9.17. The van der Waals surface area contributed by atoms with Crippen LogP contribution < -0.4 is 5.73 Å². The summed E-state index contributed by atoms with van der Waals surface area (Å²) in [6.07, 6.45) is 1.78. The van der Waals surface area contributed by atoms with Gasteiger partial charge in [-0.25, -0.2) is 9.97 Å². The molecular weight excluding hydrogens is 210 g/mol. The third-order valence-corrected chi connectivity index (χ3v) is 2.69. The van der Waals surface area contributed by atoms with E-state index in [2.05, 4.69) is 9.97 Å². The van der Waals surface area contributed by atoms with Crippen LogP contribution in [0, 0.1) is 0 Å². The Morgan fingerprint density at radius 3 is 2.53 bits per heavy atom. The number of nitrogens with zero attached hydrogens (tertiary/aromatic N) is 2. The van der Waals surface area contributed by atoms with Gasteiger partial charge in [0.1, 0.15) is 0 Å². The van der Waals surface area contributed by atoms with E-state index in [0.29, 0.717) is 5.69 Å². The SMILES string of the molecule is Nc1cccc2nc(-c3ccccc3)ncc12. The lowest BCUT2D eigenvalue weighted by atomic mass is 10.2. The first-order valence-electron chi connectivity index (χ1n) is 5.41. The third kappa shape index (κ3) is 1.72. The van der Waals surface area contributed by atoms with Crippen molar-refractivity contribution in [1.29, 1.82) is 0 Å². The van der Waals surface area contributed by atoms with Crippen molar-refractivity contribution in [3.05, 3.63) is 54.7 Å². The van der Waals surface area contributed by atoms with Crippen molar-refractivity contribution in [1.82, 2.24) is 9.97 Å². The largest absolute Gasteiger partial charge is 0.398 e. The summed E-state index contributed by atoms with van der Waals surface area (Å²) in [5.41, 5.74) is 8.46. The van der Waals surface area contributed by atoms with Crippen LogP contribution in [0.5, 0.6) is 0 Å². The van der Waals surface area contributed by atoms with E-state index in [1.54, 1.807) is 6.20 Å². The highest BCUT2D eigenvalue weighted by Crippen LogP contribution is 2.21. The highest BCUT2D eigenvalue weighted by atomic mass is 14.9. The molecule has 0 aliphatic heterocycles. The van der Waals surface area contributed by atoms with Crippen molar-refractivity contribution in [2.24, 2.45) is 0 Å². The molecule has 0 atom stereocenters. The number of anilines is 1. The Hall–Kier alpha value is -2.42. The minimum atomic E-state index is 0.710. The van der Waals surface area contributed by atoms with Crippen LogP contribution in [0.2, 0.25) is 0 Å². The molecule has 3 aromatic rings. The molecule has 0 bridgehead atoms. The Balaban J connectivity index is 2.21. The number of nitrogens with two attached hydrogens (primary N) is 1. The zero-order chi connectivity index (χ0) is 11.7. The monoisotopic (exact) mass is 221 g/mol. The standard InChI is InChI=1S/C14H11N3/c15-12-7-4-8-13-11(12)9-16-14(17-13)10-5-2-1-3-6-10/h1-9H,15H2. The van der Waals surface area contributed by atoms with Crippen molar-refractivity contribution < 1.29 is 0 Å². The summed E-state index contributed by atoms with van der Waals surface area (Å²) in [4.78, 5) is 8.86. The first-order chi connectivity index (χ1) is 8.34. The van der Waals surface area contributed by atoms with Crippen LogP contribution in [0.4, 0.5) is 5.69 Å². The molecule has 17 heavy (non-hydrogen) atoms. The van der Waals surface area contributed by atoms with Gasteiger partial charge in [0.05, 0.1) is 5.52 Å². The fourth-order valence-corrected chi connectivity index (χ4v) is 1.80. The molecule has 0 radical (unpaired) electrons. The molecule has 2 N–H and O–H groups in total. The van der Waals surface area contributed by atoms with Crippen LogP contribution in [0.1, 0.15) is 0 Å². The van der Waals surface area contributed by atoms with E-state index in [4.69, 9.17) is 5.73 Å². The Morgan fingerprint density at radius 2 is 1.71 bits per heavy atom. The van der Waals surface area contributed by atoms with Crippen LogP contribution >= 0.6 is 0 Å². The minimum absolute atomic E-state index is 0.710. The maximum atomic E-state index is 5.86. The average molecular weight is 221 g/mol. The van der Waals surface area contributed by atoms with Gasteiger partial charge in [-0.3, -0.25) is 0 Å². The molecule has 1 aromatic heterocycles. The van der Waals surface area contributed by atoms with Gasteiger partial charge in [0, 0.05) is 22.8 Å². The second-order valence-electron chi connectivity index (χ2n) is 3.84. The van der Waals surface area contributed by atoms with Gasteiger partial charge in [0.15, 0.2) is 5.82 Å². The molecule has 0 aliphatic rings. The summed E-state index contributed by atoms with van der Waals surface area (Å²) < 4.78 is 0. The first-order valence-corrected chi connectivity index (χ1v) is 5.41. The minimum Gasteiger partial charge on any atom is -0.398 e. The number of benzene rings is 2. The van der Waals surface area contributed by atoms with Crippen molar-refractivity contribution in [2.75, 3.05) is 5.73 Å². The molecule has 0 aliphatic carbocycles. The summed E-state index contributed by atoms with van der Waals surface area (Å²) in [5, 5.41) is 0.896. The van der Waals surface area contributed by atoms with Crippen molar-refractivity contribution in [3.8, 4) is 11.4 Å². The first kappa shape index (κ1) is 9.78. The fraction of sp³-hybridized carbons (Fsp3) is 0. The van der Waals surface area contributed by atoms with Gasteiger partial charge in [-0.1, -0.05) is 36.4 Å². The van der Waals surface area contributed by atoms with Gasteiger partial charge in [0.25, 0.3) is 0 Å². The molecule has 1 heterocycles. The maximum Gasteiger partial charge on any atom is 0.159 e. The van der Waals surface area contributed by atoms with Gasteiger partial charge in [0.2, 0.25) is 0 Å². The third-order valence-electron chi connectivity index (χ3n) is 2.69. The van der Waals surface area contributed by atoms with Gasteiger partial charge in [-0.2, -0.15) is 0 Å². The topological polar surface area (TPSA) is 51.8 Å². The van der Waals surface area contributed by atoms with Crippen LogP contribution in [0.15, 0.2) is 54.7 Å². The van der Waals surface area contributed by atoms with Crippen molar-refractivity contribution >= 4 is 16.6 Å². The van der Waals surface area contributed by atoms with Crippen LogP contribution in [-0.2, 0) is 0 Å². The van der Waals surface area contributed by atoms with E-state index >= 15 is 0 Å². The van der Waals surface area contributed by atoms with E-state index in [0.717, 1.165) is 22.3 Å². The number of hydrogen-bond donors (Lipinski definition) is 1. The Kier molecular flexibility index (Phi) is 2.22. The summed E-state index contributed by atoms with van der Waals surface area (Å²) in [5.74, 6) is 0.726. The Labute approximate surface area is 98.9 Å². The molecular formula is C14H11N3. The quantitative estimate of drug-likeness (QED) is 0.643. The van der Waals surface area contributed by atoms with E-state index in [1.165, 1.54) is 0 Å². The average Bonchev–Trinajstić information content (AvgIpc) is 2.40. The summed E-state index contributed by atoms with van der Waals surface area (Å²) in [6.45, 7) is 0. The van der Waals surface area contributed by atoms with Crippen molar-refractivity contribution in [3.63, 3.8) is 0 Å². The predicted octanol–water partition coefficient (Wildman–Crippen LogP) is 2.88. The smallest absolute Gasteiger partial charge is 0.159 e. The summed E-state index contributed by atoms with van der Waals surface area (Å²) >= 11 is 0. The second kappa shape index (κ2) is 3.87. The predicted molar refractivity (Wildman–Crippen MR) is 69.4 cm³/mol. The van der Waals surface area contributed by atoms with E-state index < -0.39 is 0 Å². The maximum absolute atomic E-state index is 5.86. The van der Waals surface area contributed by atoms with Gasteiger partial charge < -0.3 is 5.73 Å². The molecule has 0 spiro atoms. The lowest BCUT2D eigenvalue weighted by Crippen LogP contribution is -1.93. The normalized spacial score (nSPS) is 10.6. The molecule has 82 valence electrons. The van der Waals surface area contributed by atoms with E-state index in [9.17, 15) is 0 Å². The molecule has 0 amide bonds. The van der Waals surface area contributed by atoms with Crippen LogP contribution in [-0.4, -0.2) is 9.97 Å². The lowest BCUT2D eigenvalue weighted by Gasteiger charge is -2.03. The van der Waals surface area contributed by atoms with Crippen LogP contribution in [0.25, 0.3) is 22.3 Å². The van der Waals surface area contributed by atoms with Gasteiger partial charge in [-0.15, -0.1) is 0 Å². The molecule has 3 nitrogen and oxygen atoms in total. The number of hydrogen-bond acceptors (Lipinski definition) is 3. The van der Waals surface area contributed by atoms with E-state index in [1.807, 2.05) is 48.5 Å². The van der Waals surface area contributed by atoms with E-state index in [-0.39, 0.29) is 0 Å². The molecule has 2 aromatic carbocycles. The van der Waals surface area contributed by atoms with Gasteiger partial charge in [-0.05, 0) is 12.1 Å². The summed E-state index contributed by atoms with van der Waals surface area (Å²) in [6, 6.07) is 15.6. The number of nitrogen functional groups attached to an aromatic ring is 1. The Morgan fingerprint density at radius 1 is 0.882 bits per heavy atom. The number of aromatic nitrogens is 2. The van der Waals surface area contributed by atoms with Crippen LogP contribution in [0.3, 0.4) is 0 Å². The lowest BCUT2D eigenvalue weighted by molar-refractivity contribution is 1.23. The fourth-order valence-electron chi connectivity index (χ4n) is 1.80. The van der Waals surface area contributed by atoms with Crippen molar-refractivity contribution in [2.45, 2.75) is 0 Å². The number of fused-ring (bicyclic) bond motifs is 1. The molecule has 0 saturated heterocycles. The molecule has 0 fully saturated rings. The molecule has 3 rings (SSSR count). The molecule has 0 unspecified atom stereocenters. The Bertz CT molecular complexity index is 663. The highest BCUT2D eigenvalue weighted by Gasteiger charge is 2.03. The molecule has 3 heteroatoms. The molecule has 0 saturated carbocycles. The highest BCUT2D eigenvalue weighted by molar-refractivity contribution is 5.90. The summed E-state index contributed by atoms with van der Waals surface area (Å²) in [7, 11) is 0. The van der Waals surface area contributed by atoms with Gasteiger partial charge >= 0.3 is 0 Å². The number of rotatable bonds is 1.